The molecule has 0 spiro atoms. The molecule has 41 heavy (non-hydrogen) atoms. The molecule has 0 aliphatic heterocycles. The molecule has 4 rings (SSSR count). The van der Waals surface area contributed by atoms with Crippen LogP contribution in [-0.4, -0.2) is 50.9 Å². The van der Waals surface area contributed by atoms with Gasteiger partial charge in [-0.1, -0.05) is 49.2 Å². The third-order valence-electron chi connectivity index (χ3n) is 7.46. The second-order valence-electron chi connectivity index (χ2n) is 10.7. The van der Waals surface area contributed by atoms with Gasteiger partial charge in [-0.3, -0.25) is 13.9 Å². The Morgan fingerprint density at radius 2 is 1.61 bits per heavy atom. The minimum absolute atomic E-state index is 0.0818. The van der Waals surface area contributed by atoms with Gasteiger partial charge in [-0.25, -0.2) is 8.42 Å². The van der Waals surface area contributed by atoms with E-state index >= 15 is 0 Å². The zero-order valence-electron chi connectivity index (χ0n) is 24.2. The van der Waals surface area contributed by atoms with Gasteiger partial charge in [-0.05, 0) is 86.7 Å². The lowest BCUT2D eigenvalue weighted by Crippen LogP contribution is -2.52. The third-order valence-corrected chi connectivity index (χ3v) is 9.25. The number of hydrogen-bond acceptors (Lipinski definition) is 5. The van der Waals surface area contributed by atoms with Crippen LogP contribution in [0.2, 0.25) is 0 Å². The lowest BCUT2D eigenvalue weighted by molar-refractivity contribution is -0.139. The SMILES string of the molecule is COc1cccc(CN(C(=O)CN(c2cc(C)cc(C)c2)S(=O)(=O)c2ccccc2)C(C)C(=O)NC2CCCC2)c1. The molecule has 0 aromatic heterocycles. The van der Waals surface area contributed by atoms with Gasteiger partial charge in [-0.2, -0.15) is 0 Å². The van der Waals surface area contributed by atoms with Crippen molar-refractivity contribution in [3.05, 3.63) is 89.5 Å². The minimum Gasteiger partial charge on any atom is -0.497 e. The van der Waals surface area contributed by atoms with Gasteiger partial charge >= 0.3 is 0 Å². The van der Waals surface area contributed by atoms with E-state index < -0.39 is 28.5 Å². The van der Waals surface area contributed by atoms with Crippen LogP contribution in [0, 0.1) is 13.8 Å². The van der Waals surface area contributed by atoms with Gasteiger partial charge in [0.05, 0.1) is 17.7 Å². The van der Waals surface area contributed by atoms with Crippen molar-refractivity contribution in [3.63, 3.8) is 0 Å². The maximum absolute atomic E-state index is 14.1. The van der Waals surface area contributed by atoms with E-state index in [9.17, 15) is 18.0 Å². The van der Waals surface area contributed by atoms with Gasteiger partial charge in [0.25, 0.3) is 10.0 Å². The summed E-state index contributed by atoms with van der Waals surface area (Å²) in [5.41, 5.74) is 2.91. The Morgan fingerprint density at radius 1 is 0.951 bits per heavy atom. The van der Waals surface area contributed by atoms with Crippen molar-refractivity contribution in [3.8, 4) is 5.75 Å². The average molecular weight is 578 g/mol. The molecule has 8 nitrogen and oxygen atoms in total. The van der Waals surface area contributed by atoms with Crippen molar-refractivity contribution in [2.75, 3.05) is 18.0 Å². The minimum atomic E-state index is -4.10. The summed E-state index contributed by atoms with van der Waals surface area (Å²) in [7, 11) is -2.53. The molecular formula is C32H39N3O5S. The van der Waals surface area contributed by atoms with Crippen LogP contribution in [0.5, 0.6) is 5.75 Å². The Hall–Kier alpha value is -3.85. The molecule has 9 heteroatoms. The highest BCUT2D eigenvalue weighted by atomic mass is 32.2. The molecule has 3 aromatic carbocycles. The summed E-state index contributed by atoms with van der Waals surface area (Å²) in [5.74, 6) is -0.112. The van der Waals surface area contributed by atoms with E-state index in [1.54, 1.807) is 50.4 Å². The quantitative estimate of drug-likeness (QED) is 0.347. The van der Waals surface area contributed by atoms with Crippen LogP contribution < -0.4 is 14.4 Å². The van der Waals surface area contributed by atoms with Crippen molar-refractivity contribution in [1.82, 2.24) is 10.2 Å². The summed E-state index contributed by atoms with van der Waals surface area (Å²) in [6.07, 6.45) is 3.96. The summed E-state index contributed by atoms with van der Waals surface area (Å²) in [6.45, 7) is 5.11. The van der Waals surface area contributed by atoms with Gasteiger partial charge in [0.2, 0.25) is 11.8 Å². The smallest absolute Gasteiger partial charge is 0.264 e. The fourth-order valence-corrected chi connectivity index (χ4v) is 6.70. The van der Waals surface area contributed by atoms with Gasteiger partial charge < -0.3 is 15.0 Å². The van der Waals surface area contributed by atoms with Gasteiger partial charge in [-0.15, -0.1) is 0 Å². The number of ether oxygens (including phenoxy) is 1. The second-order valence-corrected chi connectivity index (χ2v) is 12.6. The third kappa shape index (κ3) is 7.47. The number of hydrogen-bond donors (Lipinski definition) is 1. The number of nitrogens with one attached hydrogen (secondary N) is 1. The monoisotopic (exact) mass is 577 g/mol. The molecule has 0 bridgehead atoms. The zero-order valence-corrected chi connectivity index (χ0v) is 25.0. The maximum Gasteiger partial charge on any atom is 0.264 e. The first-order chi connectivity index (χ1) is 19.6. The van der Waals surface area contributed by atoms with Crippen LogP contribution in [0.25, 0.3) is 0 Å². The molecule has 1 fully saturated rings. The summed E-state index contributed by atoms with van der Waals surface area (Å²) in [5, 5.41) is 3.09. The van der Waals surface area contributed by atoms with E-state index in [1.165, 1.54) is 17.0 Å². The van der Waals surface area contributed by atoms with E-state index in [2.05, 4.69) is 5.32 Å². The van der Waals surface area contributed by atoms with E-state index in [1.807, 2.05) is 38.1 Å². The Labute approximate surface area is 243 Å². The molecule has 3 aromatic rings. The van der Waals surface area contributed by atoms with E-state index in [4.69, 9.17) is 4.74 Å². The van der Waals surface area contributed by atoms with Gasteiger partial charge in [0.1, 0.15) is 18.3 Å². The number of rotatable bonds is 11. The Balaban J connectivity index is 1.71. The number of methoxy groups -OCH3 is 1. The lowest BCUT2D eigenvalue weighted by atomic mass is 10.1. The van der Waals surface area contributed by atoms with Crippen molar-refractivity contribution < 1.29 is 22.7 Å². The first kappa shape index (κ1) is 30.1. The molecule has 1 saturated carbocycles. The molecule has 0 radical (unpaired) electrons. The molecule has 218 valence electrons. The van der Waals surface area contributed by atoms with Crippen LogP contribution in [-0.2, 0) is 26.2 Å². The number of sulfonamides is 1. The number of carbonyl (C=O) groups excluding carboxylic acids is 2. The van der Waals surface area contributed by atoms with Crippen molar-refractivity contribution in [1.29, 1.82) is 0 Å². The number of anilines is 1. The molecule has 1 unspecified atom stereocenters. The molecule has 2 amide bonds. The first-order valence-electron chi connectivity index (χ1n) is 14.0. The number of carbonyl (C=O) groups is 2. The summed E-state index contributed by atoms with van der Waals surface area (Å²) >= 11 is 0. The van der Waals surface area contributed by atoms with Crippen molar-refractivity contribution >= 4 is 27.5 Å². The molecule has 1 aliphatic carbocycles. The standard InChI is InChI=1S/C32H39N3O5S/c1-23-17-24(2)19-28(18-23)35(41(38,39)30-15-6-5-7-16-30)22-31(36)34(21-26-11-10-14-29(20-26)40-4)25(3)32(37)33-27-12-8-9-13-27/h5-7,10-11,14-20,25,27H,8-9,12-13,21-22H2,1-4H3,(H,33,37). The Kier molecular flexibility index (Phi) is 9.70. The van der Waals surface area contributed by atoms with E-state index in [0.29, 0.717) is 11.4 Å². The van der Waals surface area contributed by atoms with E-state index in [0.717, 1.165) is 46.7 Å². The van der Waals surface area contributed by atoms with Crippen molar-refractivity contribution in [2.24, 2.45) is 0 Å². The molecule has 1 aliphatic rings. The molecule has 0 heterocycles. The van der Waals surface area contributed by atoms with Crippen LogP contribution in [0.3, 0.4) is 0 Å². The van der Waals surface area contributed by atoms with Crippen LogP contribution in [0.15, 0.2) is 77.7 Å². The Bertz CT molecular complexity index is 1450. The number of aryl methyl sites for hydroxylation is 2. The highest BCUT2D eigenvalue weighted by molar-refractivity contribution is 7.92. The molecular weight excluding hydrogens is 538 g/mol. The predicted molar refractivity (Wildman–Crippen MR) is 160 cm³/mol. The fraction of sp³-hybridized carbons (Fsp3) is 0.375. The lowest BCUT2D eigenvalue weighted by Gasteiger charge is -2.32. The number of benzene rings is 3. The number of nitrogens with zero attached hydrogens (tertiary/aromatic N) is 2. The highest BCUT2D eigenvalue weighted by Crippen LogP contribution is 2.27. The fourth-order valence-electron chi connectivity index (χ4n) is 5.29. The largest absolute Gasteiger partial charge is 0.497 e. The first-order valence-corrected chi connectivity index (χ1v) is 15.4. The zero-order chi connectivity index (χ0) is 29.6. The topological polar surface area (TPSA) is 96.0 Å². The predicted octanol–water partition coefficient (Wildman–Crippen LogP) is 4.98. The van der Waals surface area contributed by atoms with E-state index in [-0.39, 0.29) is 23.4 Å². The molecule has 0 saturated heterocycles. The van der Waals surface area contributed by atoms with Gasteiger partial charge in [0, 0.05) is 12.6 Å². The Morgan fingerprint density at radius 3 is 2.24 bits per heavy atom. The number of amides is 2. The molecule has 1 N–H and O–H groups in total. The van der Waals surface area contributed by atoms with Gasteiger partial charge in [0.15, 0.2) is 0 Å². The van der Waals surface area contributed by atoms with Crippen molar-refractivity contribution in [2.45, 2.75) is 70.0 Å². The normalized spacial score (nSPS) is 14.3. The summed E-state index contributed by atoms with van der Waals surface area (Å²) in [6, 6.07) is 20.1. The molecule has 1 atom stereocenters. The maximum atomic E-state index is 14.1. The summed E-state index contributed by atoms with van der Waals surface area (Å²) < 4.78 is 34.4. The second kappa shape index (κ2) is 13.2. The average Bonchev–Trinajstić information content (AvgIpc) is 3.47. The van der Waals surface area contributed by atoms with Crippen LogP contribution in [0.1, 0.15) is 49.3 Å². The van der Waals surface area contributed by atoms with Crippen LogP contribution >= 0.6 is 0 Å². The van der Waals surface area contributed by atoms with Crippen LogP contribution in [0.4, 0.5) is 5.69 Å². The highest BCUT2D eigenvalue weighted by Gasteiger charge is 2.33. The summed E-state index contributed by atoms with van der Waals surface area (Å²) in [4.78, 5) is 29.0.